The summed E-state index contributed by atoms with van der Waals surface area (Å²) in [5.41, 5.74) is 0. The molecule has 0 saturated carbocycles. The van der Waals surface area contributed by atoms with Crippen LogP contribution in [0.4, 0.5) is 0 Å². The number of likely N-dealkylation sites (N-methyl/N-ethyl adjacent to an activating group) is 1. The average molecular weight is 333 g/mol. The Bertz CT molecular complexity index is 568. The Morgan fingerprint density at radius 3 is 2.14 bits per heavy atom. The van der Waals surface area contributed by atoms with E-state index in [0.717, 1.165) is 0 Å². The standard InChI is InChI=1S/C14H21ClN2O3S/c1-4-13(14(18)17(5-2)6-3)16-21(19,20)12-9-7-11(15)8-10-12/h7-10,13,16H,4-6H2,1-3H3. The fourth-order valence-corrected chi connectivity index (χ4v) is 3.33. The number of sulfonamides is 1. The molecule has 0 radical (unpaired) electrons. The van der Waals surface area contributed by atoms with Gasteiger partial charge in [0, 0.05) is 18.1 Å². The SMILES string of the molecule is CCC(NS(=O)(=O)c1ccc(Cl)cc1)C(=O)N(CC)CC. The summed E-state index contributed by atoms with van der Waals surface area (Å²) in [5.74, 6) is -0.208. The quantitative estimate of drug-likeness (QED) is 0.833. The summed E-state index contributed by atoms with van der Waals surface area (Å²) in [6, 6.07) is 5.08. The third-order valence-electron chi connectivity index (χ3n) is 3.20. The van der Waals surface area contributed by atoms with Crippen molar-refractivity contribution in [1.82, 2.24) is 9.62 Å². The molecule has 0 aliphatic rings. The van der Waals surface area contributed by atoms with Crippen LogP contribution in [-0.4, -0.2) is 38.4 Å². The van der Waals surface area contributed by atoms with E-state index in [4.69, 9.17) is 11.6 Å². The number of benzene rings is 1. The summed E-state index contributed by atoms with van der Waals surface area (Å²) < 4.78 is 27.0. The molecule has 7 heteroatoms. The molecule has 1 amide bonds. The fourth-order valence-electron chi connectivity index (χ4n) is 1.93. The van der Waals surface area contributed by atoms with Gasteiger partial charge in [-0.2, -0.15) is 4.72 Å². The number of nitrogens with zero attached hydrogens (tertiary/aromatic N) is 1. The van der Waals surface area contributed by atoms with E-state index in [9.17, 15) is 13.2 Å². The highest BCUT2D eigenvalue weighted by molar-refractivity contribution is 7.89. The molecule has 0 aliphatic carbocycles. The summed E-state index contributed by atoms with van der Waals surface area (Å²) >= 11 is 5.75. The predicted molar refractivity (Wildman–Crippen MR) is 83.8 cm³/mol. The van der Waals surface area contributed by atoms with Crippen molar-refractivity contribution >= 4 is 27.5 Å². The number of hydrogen-bond donors (Lipinski definition) is 1. The largest absolute Gasteiger partial charge is 0.342 e. The van der Waals surface area contributed by atoms with Crippen LogP contribution >= 0.6 is 11.6 Å². The lowest BCUT2D eigenvalue weighted by atomic mass is 10.2. The van der Waals surface area contributed by atoms with E-state index in [0.29, 0.717) is 24.5 Å². The van der Waals surface area contributed by atoms with E-state index in [-0.39, 0.29) is 10.8 Å². The lowest BCUT2D eigenvalue weighted by Crippen LogP contribution is -2.48. The first-order valence-electron chi connectivity index (χ1n) is 6.92. The highest BCUT2D eigenvalue weighted by atomic mass is 35.5. The number of hydrogen-bond acceptors (Lipinski definition) is 3. The van der Waals surface area contributed by atoms with E-state index in [1.165, 1.54) is 24.3 Å². The van der Waals surface area contributed by atoms with Crippen LogP contribution in [0.15, 0.2) is 29.2 Å². The normalized spacial score (nSPS) is 13.0. The topological polar surface area (TPSA) is 66.5 Å². The first kappa shape index (κ1) is 17.9. The molecule has 5 nitrogen and oxygen atoms in total. The molecule has 1 aromatic carbocycles. The molecule has 1 atom stereocenters. The second-order valence-corrected chi connectivity index (χ2v) is 6.70. The van der Waals surface area contributed by atoms with Gasteiger partial charge in [0.1, 0.15) is 6.04 Å². The minimum atomic E-state index is -3.74. The smallest absolute Gasteiger partial charge is 0.241 e. The van der Waals surface area contributed by atoms with Gasteiger partial charge in [0.2, 0.25) is 15.9 Å². The van der Waals surface area contributed by atoms with Crippen LogP contribution in [0.3, 0.4) is 0 Å². The van der Waals surface area contributed by atoms with Crippen LogP contribution in [0.5, 0.6) is 0 Å². The van der Waals surface area contributed by atoms with Gasteiger partial charge < -0.3 is 4.90 Å². The van der Waals surface area contributed by atoms with E-state index < -0.39 is 16.1 Å². The summed E-state index contributed by atoms with van der Waals surface area (Å²) in [4.78, 5) is 14.0. The zero-order valence-corrected chi connectivity index (χ0v) is 14.0. The molecule has 1 unspecified atom stereocenters. The Hall–Kier alpha value is -1.11. The molecule has 1 rings (SSSR count). The highest BCUT2D eigenvalue weighted by Crippen LogP contribution is 2.15. The minimum Gasteiger partial charge on any atom is -0.342 e. The van der Waals surface area contributed by atoms with Crippen LogP contribution in [0, 0.1) is 0 Å². The van der Waals surface area contributed by atoms with Crippen LogP contribution in [-0.2, 0) is 14.8 Å². The summed E-state index contributed by atoms with van der Waals surface area (Å²) in [6.07, 6.45) is 0.391. The maximum Gasteiger partial charge on any atom is 0.241 e. The van der Waals surface area contributed by atoms with Gasteiger partial charge in [0.15, 0.2) is 0 Å². The number of carbonyl (C=O) groups is 1. The molecule has 0 heterocycles. The van der Waals surface area contributed by atoms with Crippen molar-refractivity contribution in [3.8, 4) is 0 Å². The van der Waals surface area contributed by atoms with Gasteiger partial charge in [-0.3, -0.25) is 4.79 Å². The molecule has 0 aromatic heterocycles. The van der Waals surface area contributed by atoms with E-state index in [2.05, 4.69) is 4.72 Å². The third kappa shape index (κ3) is 4.69. The van der Waals surface area contributed by atoms with Gasteiger partial charge in [-0.1, -0.05) is 18.5 Å². The van der Waals surface area contributed by atoms with Crippen molar-refractivity contribution < 1.29 is 13.2 Å². The van der Waals surface area contributed by atoms with Gasteiger partial charge in [0.25, 0.3) is 0 Å². The van der Waals surface area contributed by atoms with Crippen molar-refractivity contribution in [2.24, 2.45) is 0 Å². The monoisotopic (exact) mass is 332 g/mol. The molecule has 118 valence electrons. The lowest BCUT2D eigenvalue weighted by molar-refractivity contribution is -0.132. The van der Waals surface area contributed by atoms with Gasteiger partial charge >= 0.3 is 0 Å². The Morgan fingerprint density at radius 1 is 1.19 bits per heavy atom. The second kappa shape index (κ2) is 7.77. The highest BCUT2D eigenvalue weighted by Gasteiger charge is 2.26. The zero-order valence-electron chi connectivity index (χ0n) is 12.5. The third-order valence-corrected chi connectivity index (χ3v) is 4.94. The molecule has 21 heavy (non-hydrogen) atoms. The second-order valence-electron chi connectivity index (χ2n) is 4.55. The molecular formula is C14H21ClN2O3S. The average Bonchev–Trinajstić information content (AvgIpc) is 2.46. The van der Waals surface area contributed by atoms with Crippen LogP contribution < -0.4 is 4.72 Å². The molecule has 0 fully saturated rings. The molecule has 0 spiro atoms. The Morgan fingerprint density at radius 2 is 1.71 bits per heavy atom. The number of nitrogens with one attached hydrogen (secondary N) is 1. The van der Waals surface area contributed by atoms with Gasteiger partial charge in [-0.15, -0.1) is 0 Å². The molecule has 1 N–H and O–H groups in total. The number of rotatable bonds is 7. The van der Waals surface area contributed by atoms with Gasteiger partial charge in [-0.25, -0.2) is 8.42 Å². The fraction of sp³-hybridized carbons (Fsp3) is 0.500. The molecule has 0 aliphatic heterocycles. The predicted octanol–water partition coefficient (Wildman–Crippen LogP) is 2.27. The Balaban J connectivity index is 2.94. The number of amides is 1. The molecule has 0 bridgehead atoms. The van der Waals surface area contributed by atoms with Gasteiger partial charge in [0.05, 0.1) is 4.90 Å². The van der Waals surface area contributed by atoms with Crippen LogP contribution in [0.1, 0.15) is 27.2 Å². The first-order chi connectivity index (χ1) is 9.85. The maximum atomic E-state index is 12.3. The number of carbonyl (C=O) groups excluding carboxylic acids is 1. The van der Waals surface area contributed by atoms with E-state index >= 15 is 0 Å². The Kier molecular flexibility index (Phi) is 6.64. The molecular weight excluding hydrogens is 312 g/mol. The van der Waals surface area contributed by atoms with Crippen LogP contribution in [0.2, 0.25) is 5.02 Å². The minimum absolute atomic E-state index is 0.0951. The van der Waals surface area contributed by atoms with Crippen molar-refractivity contribution in [1.29, 1.82) is 0 Å². The van der Waals surface area contributed by atoms with Gasteiger partial charge in [-0.05, 0) is 44.5 Å². The zero-order chi connectivity index (χ0) is 16.0. The van der Waals surface area contributed by atoms with Crippen molar-refractivity contribution in [2.75, 3.05) is 13.1 Å². The molecule has 0 saturated heterocycles. The summed E-state index contributed by atoms with van der Waals surface area (Å²) in [5, 5.41) is 0.459. The number of halogens is 1. The Labute approximate surface area is 131 Å². The maximum absolute atomic E-state index is 12.3. The summed E-state index contributed by atoms with van der Waals surface area (Å²) in [6.45, 7) is 6.60. The molecule has 1 aromatic rings. The summed E-state index contributed by atoms with van der Waals surface area (Å²) in [7, 11) is -3.74. The van der Waals surface area contributed by atoms with Crippen molar-refractivity contribution in [2.45, 2.75) is 38.1 Å². The lowest BCUT2D eigenvalue weighted by Gasteiger charge is -2.25. The van der Waals surface area contributed by atoms with Crippen LogP contribution in [0.25, 0.3) is 0 Å². The first-order valence-corrected chi connectivity index (χ1v) is 8.78. The van der Waals surface area contributed by atoms with Crippen molar-refractivity contribution in [3.63, 3.8) is 0 Å². The van der Waals surface area contributed by atoms with E-state index in [1.807, 2.05) is 13.8 Å². The van der Waals surface area contributed by atoms with Crippen molar-refractivity contribution in [3.05, 3.63) is 29.3 Å². The van der Waals surface area contributed by atoms with E-state index in [1.54, 1.807) is 11.8 Å².